The van der Waals surface area contributed by atoms with Gasteiger partial charge in [-0.25, -0.2) is 0 Å². The fraction of sp³-hybridized carbons (Fsp3) is 0.786. The fourth-order valence-corrected chi connectivity index (χ4v) is 2.75. The first-order chi connectivity index (χ1) is 9.29. The van der Waals surface area contributed by atoms with Crippen molar-refractivity contribution in [1.82, 2.24) is 5.32 Å². The first-order valence-electron chi connectivity index (χ1n) is 7.13. The highest BCUT2D eigenvalue weighted by Crippen LogP contribution is 2.30. The minimum Gasteiger partial charge on any atom is -0.494 e. The van der Waals surface area contributed by atoms with Crippen molar-refractivity contribution in [3.05, 3.63) is 12.0 Å². The van der Waals surface area contributed by atoms with Gasteiger partial charge >= 0.3 is 0 Å². The summed E-state index contributed by atoms with van der Waals surface area (Å²) in [5.41, 5.74) is 0. The van der Waals surface area contributed by atoms with Crippen LogP contribution in [0.3, 0.4) is 0 Å². The number of carbonyl (C=O) groups excluding carboxylic acids is 1. The van der Waals surface area contributed by atoms with E-state index in [9.17, 15) is 9.90 Å². The van der Waals surface area contributed by atoms with Crippen molar-refractivity contribution in [2.45, 2.75) is 32.1 Å². The molecule has 5 heteroatoms. The van der Waals surface area contributed by atoms with Crippen molar-refractivity contribution >= 4 is 5.91 Å². The van der Waals surface area contributed by atoms with Crippen LogP contribution in [0, 0.1) is 11.8 Å². The molecule has 2 rings (SSSR count). The summed E-state index contributed by atoms with van der Waals surface area (Å²) in [5.74, 6) is 0.813. The van der Waals surface area contributed by atoms with Crippen molar-refractivity contribution in [3.8, 4) is 0 Å². The molecule has 1 aliphatic carbocycles. The van der Waals surface area contributed by atoms with E-state index in [-0.39, 0.29) is 24.2 Å². The minimum absolute atomic E-state index is 0.118. The third-order valence-corrected chi connectivity index (χ3v) is 3.82. The summed E-state index contributed by atoms with van der Waals surface area (Å²) in [5, 5.41) is 12.2. The maximum atomic E-state index is 11.8. The summed E-state index contributed by atoms with van der Waals surface area (Å²) in [6, 6.07) is 0. The molecule has 2 N–H and O–H groups in total. The lowest BCUT2D eigenvalue weighted by Gasteiger charge is -2.20. The van der Waals surface area contributed by atoms with Gasteiger partial charge in [0, 0.05) is 13.2 Å². The van der Waals surface area contributed by atoms with Crippen LogP contribution in [-0.4, -0.2) is 37.4 Å². The van der Waals surface area contributed by atoms with Crippen LogP contribution in [0.5, 0.6) is 0 Å². The molecule has 1 atom stereocenters. The summed E-state index contributed by atoms with van der Waals surface area (Å²) >= 11 is 0. The van der Waals surface area contributed by atoms with E-state index in [1.165, 1.54) is 31.9 Å². The standard InChI is InChI=1S/C14H23NO4/c16-9-12(7-11-3-1-2-4-11)8-15-14(17)13-10-18-5-6-19-13/h10-12,16H,1-9H2,(H,15,17). The number of hydrogen-bond acceptors (Lipinski definition) is 4. The Morgan fingerprint density at radius 1 is 1.42 bits per heavy atom. The first kappa shape index (κ1) is 14.2. The highest BCUT2D eigenvalue weighted by atomic mass is 16.6. The zero-order valence-electron chi connectivity index (χ0n) is 11.3. The average Bonchev–Trinajstić information content (AvgIpc) is 2.97. The van der Waals surface area contributed by atoms with E-state index in [1.807, 2.05) is 0 Å². The topological polar surface area (TPSA) is 67.8 Å². The van der Waals surface area contributed by atoms with Crippen LogP contribution in [0.2, 0.25) is 0 Å². The van der Waals surface area contributed by atoms with Crippen LogP contribution in [0.4, 0.5) is 0 Å². The van der Waals surface area contributed by atoms with Gasteiger partial charge in [-0.2, -0.15) is 0 Å². The average molecular weight is 269 g/mol. The number of aliphatic hydroxyl groups excluding tert-OH is 1. The lowest BCUT2D eigenvalue weighted by molar-refractivity contribution is -0.122. The Balaban J connectivity index is 1.72. The lowest BCUT2D eigenvalue weighted by atomic mass is 9.94. The molecule has 1 unspecified atom stereocenters. The highest BCUT2D eigenvalue weighted by Gasteiger charge is 2.21. The summed E-state index contributed by atoms with van der Waals surface area (Å²) < 4.78 is 10.2. The van der Waals surface area contributed by atoms with Gasteiger partial charge in [-0.15, -0.1) is 0 Å². The quantitative estimate of drug-likeness (QED) is 0.760. The predicted molar refractivity (Wildman–Crippen MR) is 70.1 cm³/mol. The largest absolute Gasteiger partial charge is 0.494 e. The fourth-order valence-electron chi connectivity index (χ4n) is 2.75. The molecule has 5 nitrogen and oxygen atoms in total. The van der Waals surface area contributed by atoms with E-state index in [2.05, 4.69) is 5.32 Å². The van der Waals surface area contributed by atoms with Gasteiger partial charge in [0.15, 0.2) is 0 Å². The Labute approximate surface area is 114 Å². The summed E-state index contributed by atoms with van der Waals surface area (Å²) in [6.07, 6.45) is 7.45. The van der Waals surface area contributed by atoms with E-state index >= 15 is 0 Å². The molecule has 108 valence electrons. The highest BCUT2D eigenvalue weighted by molar-refractivity contribution is 5.91. The maximum absolute atomic E-state index is 11.8. The van der Waals surface area contributed by atoms with E-state index in [0.29, 0.717) is 25.7 Å². The van der Waals surface area contributed by atoms with E-state index in [4.69, 9.17) is 9.47 Å². The number of carbonyl (C=O) groups is 1. The number of aliphatic hydroxyl groups is 1. The molecule has 0 aromatic rings. The Bertz CT molecular complexity index is 323. The van der Waals surface area contributed by atoms with E-state index in [1.54, 1.807) is 0 Å². The zero-order chi connectivity index (χ0) is 13.5. The van der Waals surface area contributed by atoms with Gasteiger partial charge in [-0.1, -0.05) is 25.7 Å². The molecule has 0 radical (unpaired) electrons. The first-order valence-corrected chi connectivity index (χ1v) is 7.13. The van der Waals surface area contributed by atoms with Gasteiger partial charge < -0.3 is 19.9 Å². The van der Waals surface area contributed by atoms with Crippen molar-refractivity contribution in [2.75, 3.05) is 26.4 Å². The molecule has 0 aromatic carbocycles. The molecule has 1 fully saturated rings. The monoisotopic (exact) mass is 269 g/mol. The molecular formula is C14H23NO4. The third-order valence-electron chi connectivity index (χ3n) is 3.82. The van der Waals surface area contributed by atoms with Crippen molar-refractivity contribution in [1.29, 1.82) is 0 Å². The Morgan fingerprint density at radius 2 is 2.21 bits per heavy atom. The van der Waals surface area contributed by atoms with Gasteiger partial charge in [-0.05, 0) is 18.3 Å². The van der Waals surface area contributed by atoms with Crippen LogP contribution in [0.15, 0.2) is 12.0 Å². The van der Waals surface area contributed by atoms with E-state index in [0.717, 1.165) is 6.42 Å². The summed E-state index contributed by atoms with van der Waals surface area (Å²) in [4.78, 5) is 11.8. The van der Waals surface area contributed by atoms with Crippen molar-refractivity contribution < 1.29 is 19.4 Å². The molecule has 0 bridgehead atoms. The van der Waals surface area contributed by atoms with Crippen molar-refractivity contribution in [3.63, 3.8) is 0 Å². The molecule has 2 aliphatic rings. The van der Waals surface area contributed by atoms with Gasteiger partial charge in [0.05, 0.1) is 0 Å². The number of amides is 1. The van der Waals surface area contributed by atoms with Gasteiger partial charge in [0.25, 0.3) is 5.91 Å². The third kappa shape index (κ3) is 4.42. The van der Waals surface area contributed by atoms with Crippen LogP contribution >= 0.6 is 0 Å². The van der Waals surface area contributed by atoms with Crippen LogP contribution in [0.25, 0.3) is 0 Å². The number of hydrogen-bond donors (Lipinski definition) is 2. The minimum atomic E-state index is -0.260. The van der Waals surface area contributed by atoms with Gasteiger partial charge in [-0.3, -0.25) is 4.79 Å². The molecule has 19 heavy (non-hydrogen) atoms. The van der Waals surface area contributed by atoms with Gasteiger partial charge in [0.1, 0.15) is 19.5 Å². The predicted octanol–water partition coefficient (Wildman–Crippen LogP) is 1.18. The Hall–Kier alpha value is -1.23. The molecular weight excluding hydrogens is 246 g/mol. The van der Waals surface area contributed by atoms with Crippen LogP contribution in [0.1, 0.15) is 32.1 Å². The number of rotatable bonds is 6. The summed E-state index contributed by atoms with van der Waals surface area (Å²) in [7, 11) is 0. The molecule has 0 aromatic heterocycles. The second kappa shape index (κ2) is 7.38. The Morgan fingerprint density at radius 3 is 2.84 bits per heavy atom. The number of nitrogens with one attached hydrogen (secondary N) is 1. The van der Waals surface area contributed by atoms with Crippen LogP contribution in [-0.2, 0) is 14.3 Å². The second-order valence-electron chi connectivity index (χ2n) is 5.35. The molecule has 0 saturated heterocycles. The normalized spacial score (nSPS) is 21.2. The number of ether oxygens (including phenoxy) is 2. The van der Waals surface area contributed by atoms with Crippen LogP contribution < -0.4 is 5.32 Å². The smallest absolute Gasteiger partial charge is 0.289 e. The molecule has 0 spiro atoms. The molecule has 1 aliphatic heterocycles. The molecule has 1 amide bonds. The molecule has 1 heterocycles. The van der Waals surface area contributed by atoms with E-state index < -0.39 is 0 Å². The SMILES string of the molecule is O=C(NCC(CO)CC1CCCC1)C1=COCCO1. The Kier molecular flexibility index (Phi) is 5.51. The molecule has 1 saturated carbocycles. The summed E-state index contributed by atoms with van der Waals surface area (Å²) in [6.45, 7) is 1.50. The van der Waals surface area contributed by atoms with Crippen molar-refractivity contribution in [2.24, 2.45) is 11.8 Å². The lowest BCUT2D eigenvalue weighted by Crippen LogP contribution is -2.34. The zero-order valence-corrected chi connectivity index (χ0v) is 11.3. The van der Waals surface area contributed by atoms with Gasteiger partial charge in [0.2, 0.25) is 5.76 Å². The maximum Gasteiger partial charge on any atom is 0.289 e. The second-order valence-corrected chi connectivity index (χ2v) is 5.35.